The van der Waals surface area contributed by atoms with E-state index in [0.717, 1.165) is 6.20 Å². The van der Waals surface area contributed by atoms with Crippen LogP contribution in [0.3, 0.4) is 0 Å². The van der Waals surface area contributed by atoms with Crippen molar-refractivity contribution in [2.45, 2.75) is 13.3 Å². The highest BCUT2D eigenvalue weighted by atomic mass is 16.4. The molecule has 8 nitrogen and oxygen atoms in total. The van der Waals surface area contributed by atoms with Crippen molar-refractivity contribution in [1.29, 1.82) is 0 Å². The molecule has 18 heavy (non-hydrogen) atoms. The summed E-state index contributed by atoms with van der Waals surface area (Å²) in [6.45, 7) is 1.60. The number of carboxylic acids is 1. The van der Waals surface area contributed by atoms with Crippen molar-refractivity contribution in [2.24, 2.45) is 5.92 Å². The Labute approximate surface area is 101 Å². The van der Waals surface area contributed by atoms with Gasteiger partial charge in [-0.3, -0.25) is 19.4 Å². The average Bonchev–Trinajstić information content (AvgIpc) is 2.28. The summed E-state index contributed by atoms with van der Waals surface area (Å²) in [6, 6.07) is 0. The van der Waals surface area contributed by atoms with Gasteiger partial charge in [-0.1, -0.05) is 6.92 Å². The first kappa shape index (κ1) is 13.7. The summed E-state index contributed by atoms with van der Waals surface area (Å²) in [6.07, 6.45) is 1.34. The summed E-state index contributed by atoms with van der Waals surface area (Å²) in [5, 5.41) is 11.1. The molecular weight excluding hydrogens is 242 g/mol. The molecule has 4 N–H and O–H groups in total. The minimum absolute atomic E-state index is 0.0801. The normalized spacial score (nSPS) is 11.8. The van der Waals surface area contributed by atoms with Gasteiger partial charge in [-0.05, 0) is 6.42 Å². The first-order valence-electron chi connectivity index (χ1n) is 5.28. The fraction of sp³-hybridized carbons (Fsp3) is 0.400. The quantitative estimate of drug-likeness (QED) is 0.530. The zero-order valence-corrected chi connectivity index (χ0v) is 9.65. The molecule has 0 saturated carbocycles. The van der Waals surface area contributed by atoms with Gasteiger partial charge in [0, 0.05) is 12.7 Å². The molecule has 1 heterocycles. The minimum Gasteiger partial charge on any atom is -0.481 e. The molecule has 98 valence electrons. The number of carbonyl (C=O) groups is 2. The second kappa shape index (κ2) is 5.80. The van der Waals surface area contributed by atoms with Gasteiger partial charge in [0.2, 0.25) is 0 Å². The molecule has 0 saturated heterocycles. The van der Waals surface area contributed by atoms with Gasteiger partial charge in [0.05, 0.1) is 5.92 Å². The SMILES string of the molecule is CCC(CNC(=O)c1c[nH]c(=O)[nH]c1=O)C(=O)O. The van der Waals surface area contributed by atoms with Crippen molar-refractivity contribution < 1.29 is 14.7 Å². The van der Waals surface area contributed by atoms with Crippen LogP contribution in [0.4, 0.5) is 0 Å². The van der Waals surface area contributed by atoms with E-state index in [1.54, 1.807) is 6.92 Å². The lowest BCUT2D eigenvalue weighted by molar-refractivity contribution is -0.141. The van der Waals surface area contributed by atoms with Crippen molar-refractivity contribution >= 4 is 11.9 Å². The fourth-order valence-electron chi connectivity index (χ4n) is 1.30. The third-order valence-electron chi connectivity index (χ3n) is 2.41. The van der Waals surface area contributed by atoms with Crippen LogP contribution in [-0.4, -0.2) is 33.5 Å². The Balaban J connectivity index is 2.74. The Morgan fingerprint density at radius 2 is 2.11 bits per heavy atom. The highest BCUT2D eigenvalue weighted by Gasteiger charge is 2.17. The molecule has 1 atom stereocenters. The van der Waals surface area contributed by atoms with Crippen LogP contribution in [-0.2, 0) is 4.79 Å². The summed E-state index contributed by atoms with van der Waals surface area (Å²) < 4.78 is 0. The molecule has 1 aromatic heterocycles. The number of rotatable bonds is 5. The topological polar surface area (TPSA) is 132 Å². The van der Waals surface area contributed by atoms with E-state index < -0.39 is 29.0 Å². The predicted octanol–water partition coefficient (Wildman–Crippen LogP) is -1.10. The largest absolute Gasteiger partial charge is 0.481 e. The van der Waals surface area contributed by atoms with Crippen LogP contribution in [0.15, 0.2) is 15.8 Å². The maximum absolute atomic E-state index is 11.6. The molecule has 8 heteroatoms. The van der Waals surface area contributed by atoms with Gasteiger partial charge in [0.25, 0.3) is 11.5 Å². The van der Waals surface area contributed by atoms with Gasteiger partial charge in [0.1, 0.15) is 5.56 Å². The number of aromatic amines is 2. The van der Waals surface area contributed by atoms with E-state index in [9.17, 15) is 19.2 Å². The number of amides is 1. The van der Waals surface area contributed by atoms with Crippen LogP contribution < -0.4 is 16.6 Å². The second-order valence-corrected chi connectivity index (χ2v) is 3.64. The zero-order chi connectivity index (χ0) is 13.7. The van der Waals surface area contributed by atoms with Crippen molar-refractivity contribution in [3.8, 4) is 0 Å². The molecule has 0 bridgehead atoms. The third-order valence-corrected chi connectivity index (χ3v) is 2.41. The smallest absolute Gasteiger partial charge is 0.325 e. The molecule has 1 aromatic rings. The predicted molar refractivity (Wildman–Crippen MR) is 61.4 cm³/mol. The molecule has 0 fully saturated rings. The maximum atomic E-state index is 11.6. The lowest BCUT2D eigenvalue weighted by atomic mass is 10.1. The molecule has 1 unspecified atom stereocenters. The fourth-order valence-corrected chi connectivity index (χ4v) is 1.30. The van der Waals surface area contributed by atoms with Crippen molar-refractivity contribution in [2.75, 3.05) is 6.54 Å². The van der Waals surface area contributed by atoms with E-state index in [4.69, 9.17) is 5.11 Å². The Morgan fingerprint density at radius 3 is 2.61 bits per heavy atom. The average molecular weight is 255 g/mol. The molecule has 0 aliphatic heterocycles. The Kier molecular flexibility index (Phi) is 4.41. The lowest BCUT2D eigenvalue weighted by Gasteiger charge is -2.10. The van der Waals surface area contributed by atoms with Crippen molar-refractivity contribution in [3.05, 3.63) is 32.6 Å². The number of aliphatic carboxylic acids is 1. The summed E-state index contributed by atoms with van der Waals surface area (Å²) in [5.74, 6) is -2.46. The van der Waals surface area contributed by atoms with E-state index in [0.29, 0.717) is 6.42 Å². The van der Waals surface area contributed by atoms with Crippen LogP contribution in [0.5, 0.6) is 0 Å². The molecule has 0 spiro atoms. The van der Waals surface area contributed by atoms with Crippen LogP contribution in [0.1, 0.15) is 23.7 Å². The lowest BCUT2D eigenvalue weighted by Crippen LogP contribution is -2.37. The highest BCUT2D eigenvalue weighted by Crippen LogP contribution is 2.00. The minimum atomic E-state index is -1.02. The van der Waals surface area contributed by atoms with Gasteiger partial charge in [-0.2, -0.15) is 0 Å². The molecular formula is C10H13N3O5. The number of hydrogen-bond acceptors (Lipinski definition) is 4. The highest BCUT2D eigenvalue weighted by molar-refractivity contribution is 5.93. The molecule has 0 aromatic carbocycles. The number of H-pyrrole nitrogens is 2. The first-order valence-corrected chi connectivity index (χ1v) is 5.28. The van der Waals surface area contributed by atoms with Gasteiger partial charge < -0.3 is 15.4 Å². The van der Waals surface area contributed by atoms with E-state index in [2.05, 4.69) is 10.3 Å². The van der Waals surface area contributed by atoms with E-state index in [1.165, 1.54) is 0 Å². The van der Waals surface area contributed by atoms with Gasteiger partial charge in [-0.25, -0.2) is 4.79 Å². The zero-order valence-electron chi connectivity index (χ0n) is 9.65. The number of hydrogen-bond donors (Lipinski definition) is 4. The van der Waals surface area contributed by atoms with Crippen LogP contribution >= 0.6 is 0 Å². The van der Waals surface area contributed by atoms with Gasteiger partial charge >= 0.3 is 11.7 Å². The molecule has 0 radical (unpaired) electrons. The molecule has 0 aliphatic rings. The third kappa shape index (κ3) is 3.30. The van der Waals surface area contributed by atoms with Crippen molar-refractivity contribution in [1.82, 2.24) is 15.3 Å². The Morgan fingerprint density at radius 1 is 1.44 bits per heavy atom. The Hall–Kier alpha value is -2.38. The Bertz CT molecular complexity index is 559. The van der Waals surface area contributed by atoms with Gasteiger partial charge in [-0.15, -0.1) is 0 Å². The maximum Gasteiger partial charge on any atom is 0.325 e. The monoisotopic (exact) mass is 255 g/mol. The number of nitrogens with one attached hydrogen (secondary N) is 3. The summed E-state index contributed by atoms with van der Waals surface area (Å²) in [5.41, 5.74) is -1.80. The molecule has 0 aliphatic carbocycles. The van der Waals surface area contributed by atoms with Crippen LogP contribution in [0, 0.1) is 5.92 Å². The van der Waals surface area contributed by atoms with Gasteiger partial charge in [0.15, 0.2) is 0 Å². The van der Waals surface area contributed by atoms with E-state index in [-0.39, 0.29) is 12.1 Å². The number of carbonyl (C=O) groups excluding carboxylic acids is 1. The molecule has 1 amide bonds. The van der Waals surface area contributed by atoms with E-state index in [1.807, 2.05) is 4.98 Å². The second-order valence-electron chi connectivity index (χ2n) is 3.64. The summed E-state index contributed by atoms with van der Waals surface area (Å²) >= 11 is 0. The summed E-state index contributed by atoms with van der Waals surface area (Å²) in [4.78, 5) is 48.4. The number of carboxylic acid groups (broad SMARTS) is 1. The standard InChI is InChI=1S/C10H13N3O5/c1-2-5(9(16)17)3-11-7(14)6-4-12-10(18)13-8(6)15/h4-5H,2-3H2,1H3,(H,11,14)(H,16,17)(H2,12,13,15,18). The molecule has 1 rings (SSSR count). The van der Waals surface area contributed by atoms with Crippen molar-refractivity contribution in [3.63, 3.8) is 0 Å². The number of aromatic nitrogens is 2. The summed E-state index contributed by atoms with van der Waals surface area (Å²) in [7, 11) is 0. The first-order chi connectivity index (χ1) is 8.45. The van der Waals surface area contributed by atoms with Crippen LogP contribution in [0.2, 0.25) is 0 Å². The van der Waals surface area contributed by atoms with E-state index >= 15 is 0 Å². The van der Waals surface area contributed by atoms with Crippen LogP contribution in [0.25, 0.3) is 0 Å².